The summed E-state index contributed by atoms with van der Waals surface area (Å²) in [7, 11) is 2.10. The Hall–Kier alpha value is -2.48. The zero-order valence-electron chi connectivity index (χ0n) is 13.2. The first-order valence-electron chi connectivity index (χ1n) is 7.69. The molecule has 0 amide bonds. The van der Waals surface area contributed by atoms with Crippen LogP contribution >= 0.6 is 0 Å². The van der Waals surface area contributed by atoms with E-state index < -0.39 is 0 Å². The smallest absolute Gasteiger partial charge is 0.212 e. The number of nitrogens with zero attached hydrogens (tertiary/aromatic N) is 2. The molecule has 0 radical (unpaired) electrons. The van der Waals surface area contributed by atoms with Crippen molar-refractivity contribution < 1.29 is 4.57 Å². The fraction of sp³-hybridized carbons (Fsp3) is 0.200. The minimum absolute atomic E-state index is 0.947. The molecule has 0 aliphatic heterocycles. The SMILES string of the molecule is Cc1ccc2c(n1)Cc1c-2ccc(-c2cccc[n+]2C)c1C. The van der Waals surface area contributed by atoms with E-state index in [0.717, 1.165) is 12.1 Å². The third-order valence-electron chi connectivity index (χ3n) is 4.68. The van der Waals surface area contributed by atoms with E-state index in [2.05, 4.69) is 74.1 Å². The maximum atomic E-state index is 4.72. The van der Waals surface area contributed by atoms with Crippen LogP contribution in [-0.2, 0) is 13.5 Å². The molecule has 1 aliphatic rings. The Bertz CT molecular complexity index is 894. The van der Waals surface area contributed by atoms with Gasteiger partial charge < -0.3 is 0 Å². The molecule has 0 saturated carbocycles. The Morgan fingerprint density at radius 3 is 2.50 bits per heavy atom. The topological polar surface area (TPSA) is 16.8 Å². The number of aromatic nitrogens is 2. The van der Waals surface area contributed by atoms with Gasteiger partial charge in [-0.15, -0.1) is 0 Å². The molecule has 0 saturated heterocycles. The second-order valence-corrected chi connectivity index (χ2v) is 6.08. The van der Waals surface area contributed by atoms with Gasteiger partial charge in [-0.1, -0.05) is 12.1 Å². The van der Waals surface area contributed by atoms with Crippen LogP contribution in [0.25, 0.3) is 22.4 Å². The molecule has 0 N–H and O–H groups in total. The summed E-state index contributed by atoms with van der Waals surface area (Å²) in [5.41, 5.74) is 10.3. The summed E-state index contributed by atoms with van der Waals surface area (Å²) in [6.45, 7) is 4.30. The van der Waals surface area contributed by atoms with Crippen LogP contribution in [0, 0.1) is 13.8 Å². The molecule has 2 nitrogen and oxygen atoms in total. The maximum absolute atomic E-state index is 4.72. The summed E-state index contributed by atoms with van der Waals surface area (Å²) in [6, 6.07) is 15.2. The Morgan fingerprint density at radius 2 is 1.68 bits per heavy atom. The van der Waals surface area contributed by atoms with Crippen LogP contribution in [0.3, 0.4) is 0 Å². The first-order valence-corrected chi connectivity index (χ1v) is 7.69. The van der Waals surface area contributed by atoms with E-state index >= 15 is 0 Å². The van der Waals surface area contributed by atoms with Crippen LogP contribution in [0.1, 0.15) is 22.5 Å². The molecule has 108 valence electrons. The lowest BCUT2D eigenvalue weighted by atomic mass is 9.95. The molecule has 22 heavy (non-hydrogen) atoms. The summed E-state index contributed by atoms with van der Waals surface area (Å²) >= 11 is 0. The summed E-state index contributed by atoms with van der Waals surface area (Å²) in [6.07, 6.45) is 3.05. The third-order valence-corrected chi connectivity index (χ3v) is 4.68. The van der Waals surface area contributed by atoms with Gasteiger partial charge in [0.1, 0.15) is 7.05 Å². The van der Waals surface area contributed by atoms with E-state index in [1.807, 2.05) is 0 Å². The fourth-order valence-electron chi connectivity index (χ4n) is 3.48. The Morgan fingerprint density at radius 1 is 0.909 bits per heavy atom. The molecule has 0 unspecified atom stereocenters. The number of hydrogen-bond donors (Lipinski definition) is 0. The van der Waals surface area contributed by atoms with Crippen molar-refractivity contribution in [2.45, 2.75) is 20.3 Å². The van der Waals surface area contributed by atoms with Gasteiger partial charge in [0.05, 0.1) is 5.69 Å². The molecule has 2 aromatic heterocycles. The number of pyridine rings is 2. The van der Waals surface area contributed by atoms with Crippen molar-refractivity contribution in [1.82, 2.24) is 4.98 Å². The first-order chi connectivity index (χ1) is 10.6. The average Bonchev–Trinajstić information content (AvgIpc) is 2.87. The molecule has 0 atom stereocenters. The summed E-state index contributed by atoms with van der Waals surface area (Å²) in [5, 5.41) is 0. The lowest BCUT2D eigenvalue weighted by molar-refractivity contribution is -0.660. The van der Waals surface area contributed by atoms with Crippen molar-refractivity contribution >= 4 is 0 Å². The Balaban J connectivity index is 1.91. The summed E-state index contributed by atoms with van der Waals surface area (Å²) in [4.78, 5) is 4.72. The van der Waals surface area contributed by atoms with Crippen molar-refractivity contribution in [2.24, 2.45) is 7.05 Å². The maximum Gasteiger partial charge on any atom is 0.212 e. The average molecular weight is 287 g/mol. The number of aryl methyl sites for hydroxylation is 2. The van der Waals surface area contributed by atoms with Gasteiger partial charge in [0, 0.05) is 35.4 Å². The first kappa shape index (κ1) is 13.2. The van der Waals surface area contributed by atoms with Crippen molar-refractivity contribution in [2.75, 3.05) is 0 Å². The second-order valence-electron chi connectivity index (χ2n) is 6.08. The molecule has 0 spiro atoms. The zero-order valence-corrected chi connectivity index (χ0v) is 13.2. The summed E-state index contributed by atoms with van der Waals surface area (Å²) in [5.74, 6) is 0. The molecule has 0 fully saturated rings. The molecular formula is C20H19N2+. The highest BCUT2D eigenvalue weighted by Crippen LogP contribution is 2.40. The Labute approximate surface area is 131 Å². The van der Waals surface area contributed by atoms with Crippen molar-refractivity contribution in [3.05, 3.63) is 71.2 Å². The van der Waals surface area contributed by atoms with Gasteiger partial charge in [-0.2, -0.15) is 0 Å². The van der Waals surface area contributed by atoms with Crippen LogP contribution in [0.2, 0.25) is 0 Å². The largest absolute Gasteiger partial charge is 0.257 e. The van der Waals surface area contributed by atoms with Crippen molar-refractivity contribution in [3.8, 4) is 22.4 Å². The molecule has 1 aromatic carbocycles. The van der Waals surface area contributed by atoms with Crippen molar-refractivity contribution in [1.29, 1.82) is 0 Å². The Kier molecular flexibility index (Phi) is 2.86. The molecule has 1 aliphatic carbocycles. The number of hydrogen-bond acceptors (Lipinski definition) is 1. The molecule has 2 heteroatoms. The lowest BCUT2D eigenvalue weighted by Gasteiger charge is -2.09. The van der Waals surface area contributed by atoms with Crippen LogP contribution in [0.5, 0.6) is 0 Å². The standard InChI is InChI=1S/C20H19N2/c1-13-7-8-17-16-10-9-15(20-6-4-5-11-22(20)3)14(2)18(16)12-19(17)21-13/h4-11H,12H2,1-3H3/q+1. The van der Waals surface area contributed by atoms with Gasteiger partial charge >= 0.3 is 0 Å². The third kappa shape index (κ3) is 1.87. The molecule has 3 aromatic rings. The van der Waals surface area contributed by atoms with Gasteiger partial charge in [-0.05, 0) is 48.7 Å². The van der Waals surface area contributed by atoms with E-state index in [4.69, 9.17) is 4.98 Å². The van der Waals surface area contributed by atoms with E-state index in [1.165, 1.54) is 39.2 Å². The van der Waals surface area contributed by atoms with Gasteiger partial charge in [0.25, 0.3) is 0 Å². The monoisotopic (exact) mass is 287 g/mol. The summed E-state index contributed by atoms with van der Waals surface area (Å²) < 4.78 is 2.18. The lowest BCUT2D eigenvalue weighted by Crippen LogP contribution is -2.30. The second kappa shape index (κ2) is 4.77. The van der Waals surface area contributed by atoms with Crippen molar-refractivity contribution in [3.63, 3.8) is 0 Å². The van der Waals surface area contributed by atoms with Gasteiger partial charge in [0.15, 0.2) is 6.20 Å². The molecule has 4 rings (SSSR count). The predicted octanol–water partition coefficient (Wildman–Crippen LogP) is 3.76. The van der Waals surface area contributed by atoms with Gasteiger partial charge in [-0.3, -0.25) is 4.98 Å². The highest BCUT2D eigenvalue weighted by molar-refractivity contribution is 5.80. The molecule has 2 heterocycles. The highest BCUT2D eigenvalue weighted by atomic mass is 14.9. The van der Waals surface area contributed by atoms with E-state index in [9.17, 15) is 0 Å². The number of rotatable bonds is 1. The molecule has 0 bridgehead atoms. The minimum atomic E-state index is 0.947. The normalized spacial score (nSPS) is 12.1. The van der Waals surface area contributed by atoms with Crippen LogP contribution < -0.4 is 4.57 Å². The van der Waals surface area contributed by atoms with Crippen LogP contribution in [0.4, 0.5) is 0 Å². The molecular weight excluding hydrogens is 268 g/mol. The van der Waals surface area contributed by atoms with Crippen LogP contribution in [-0.4, -0.2) is 4.98 Å². The van der Waals surface area contributed by atoms with E-state index in [-0.39, 0.29) is 0 Å². The van der Waals surface area contributed by atoms with E-state index in [1.54, 1.807) is 0 Å². The fourth-order valence-corrected chi connectivity index (χ4v) is 3.48. The zero-order chi connectivity index (χ0) is 15.3. The van der Waals surface area contributed by atoms with Gasteiger partial charge in [-0.25, -0.2) is 4.57 Å². The minimum Gasteiger partial charge on any atom is -0.257 e. The highest BCUT2D eigenvalue weighted by Gasteiger charge is 2.24. The van der Waals surface area contributed by atoms with Gasteiger partial charge in [0.2, 0.25) is 5.69 Å². The quantitative estimate of drug-likeness (QED) is 0.487. The predicted molar refractivity (Wildman–Crippen MR) is 88.6 cm³/mol. The van der Waals surface area contributed by atoms with E-state index in [0.29, 0.717) is 0 Å². The number of benzene rings is 1. The number of fused-ring (bicyclic) bond motifs is 3. The van der Waals surface area contributed by atoms with Crippen LogP contribution in [0.15, 0.2) is 48.7 Å².